The van der Waals surface area contributed by atoms with Crippen LogP contribution < -0.4 is 15.8 Å². The highest BCUT2D eigenvalue weighted by Crippen LogP contribution is 2.34. The van der Waals surface area contributed by atoms with Crippen LogP contribution in [0.25, 0.3) is 50.5 Å². The summed E-state index contributed by atoms with van der Waals surface area (Å²) in [6.45, 7) is 12.3. The molecule has 0 fully saturated rings. The molecule has 44 heavy (non-hydrogen) atoms. The second-order valence-corrected chi connectivity index (χ2v) is 11.7. The highest BCUT2D eigenvalue weighted by atomic mass is 35.5. The number of benzene rings is 4. The van der Waals surface area contributed by atoms with Gasteiger partial charge in [-0.05, 0) is 106 Å². The lowest BCUT2D eigenvalue weighted by atomic mass is 10.1. The average molecular weight is 604 g/mol. The summed E-state index contributed by atoms with van der Waals surface area (Å²) in [5.41, 5.74) is 14.2. The van der Waals surface area contributed by atoms with Gasteiger partial charge in [0.05, 0.1) is 27.1 Å². The Morgan fingerprint density at radius 1 is 0.818 bits per heavy atom. The van der Waals surface area contributed by atoms with Crippen molar-refractivity contribution in [1.29, 1.82) is 0 Å². The third kappa shape index (κ3) is 6.16. The highest BCUT2D eigenvalue weighted by molar-refractivity contribution is 6.32. The number of halogens is 1. The number of aliphatic imine (C=N–C) groups is 1. The number of aromatic amines is 2. The molecule has 0 unspecified atom stereocenters. The first-order chi connectivity index (χ1) is 21.1. The number of fused-ring (bicyclic) bond motifs is 2. The Bertz CT molecular complexity index is 2020. The summed E-state index contributed by atoms with van der Waals surface area (Å²) in [6, 6.07) is 25.7. The number of hydrogen-bond donors (Lipinski definition) is 4. The summed E-state index contributed by atoms with van der Waals surface area (Å²) in [4.78, 5) is 20.7. The van der Waals surface area contributed by atoms with Crippen LogP contribution in [0.15, 0.2) is 90.4 Å². The number of amidine groups is 1. The standard InChI is InChI=1S/C35H34ClN7O/c1-19(2)38-21(5)23-8-13-28-30(17-23)43-35(41-28)25-10-15-32(27(36)16-25)44-26-11-6-22(7-12-26)34-40-29-14-9-24(18-31(29)42-34)33(37)39-20(3)4/h6-20,38H,5H2,1-4H3,(H2,37,39)(H,40,42)(H,41,43). The molecule has 0 atom stereocenters. The molecule has 4 aromatic carbocycles. The fourth-order valence-corrected chi connectivity index (χ4v) is 5.18. The fraction of sp³-hybridized carbons (Fsp3) is 0.171. The van der Waals surface area contributed by atoms with Gasteiger partial charge in [0.2, 0.25) is 0 Å². The largest absolute Gasteiger partial charge is 0.456 e. The molecule has 5 N–H and O–H groups in total. The minimum absolute atomic E-state index is 0.126. The van der Waals surface area contributed by atoms with Gasteiger partial charge in [0.25, 0.3) is 0 Å². The van der Waals surface area contributed by atoms with E-state index in [1.165, 1.54) is 0 Å². The number of nitrogens with two attached hydrogens (primary N) is 1. The van der Waals surface area contributed by atoms with E-state index in [0.29, 0.717) is 28.4 Å². The summed E-state index contributed by atoms with van der Waals surface area (Å²) < 4.78 is 6.12. The van der Waals surface area contributed by atoms with E-state index in [2.05, 4.69) is 40.7 Å². The monoisotopic (exact) mass is 603 g/mol. The van der Waals surface area contributed by atoms with Crippen LogP contribution in [0, 0.1) is 0 Å². The zero-order chi connectivity index (χ0) is 31.0. The number of rotatable bonds is 9. The van der Waals surface area contributed by atoms with Gasteiger partial charge < -0.3 is 25.8 Å². The van der Waals surface area contributed by atoms with E-state index in [1.54, 1.807) is 0 Å². The summed E-state index contributed by atoms with van der Waals surface area (Å²) in [5, 5.41) is 3.83. The Kier molecular flexibility index (Phi) is 7.84. The number of nitrogens with zero attached hydrogens (tertiary/aromatic N) is 3. The molecule has 6 aromatic rings. The van der Waals surface area contributed by atoms with Crippen molar-refractivity contribution in [2.75, 3.05) is 0 Å². The summed E-state index contributed by atoms with van der Waals surface area (Å²) in [5.74, 6) is 3.20. The maximum atomic E-state index is 6.66. The van der Waals surface area contributed by atoms with Crippen LogP contribution in [0.1, 0.15) is 38.8 Å². The van der Waals surface area contributed by atoms with Crippen LogP contribution in [-0.4, -0.2) is 37.9 Å². The van der Waals surface area contributed by atoms with E-state index in [4.69, 9.17) is 32.0 Å². The Hall–Kier alpha value is -5.08. The van der Waals surface area contributed by atoms with Gasteiger partial charge in [0.15, 0.2) is 0 Å². The van der Waals surface area contributed by atoms with Crippen molar-refractivity contribution in [3.8, 4) is 34.3 Å². The molecule has 0 saturated carbocycles. The summed E-state index contributed by atoms with van der Waals surface area (Å²) in [7, 11) is 0. The van der Waals surface area contributed by atoms with Crippen molar-refractivity contribution in [2.24, 2.45) is 10.7 Å². The molecule has 6 rings (SSSR count). The molecule has 0 spiro atoms. The Labute approximate surface area is 261 Å². The van der Waals surface area contributed by atoms with Crippen LogP contribution in [-0.2, 0) is 0 Å². The topological polar surface area (TPSA) is 117 Å². The van der Waals surface area contributed by atoms with Gasteiger partial charge in [-0.3, -0.25) is 4.99 Å². The number of ether oxygens (including phenoxy) is 1. The van der Waals surface area contributed by atoms with Crippen LogP contribution in [0.4, 0.5) is 0 Å². The maximum absolute atomic E-state index is 6.66. The quantitative estimate of drug-likeness (QED) is 0.0979. The van der Waals surface area contributed by atoms with E-state index in [9.17, 15) is 0 Å². The highest BCUT2D eigenvalue weighted by Gasteiger charge is 2.12. The smallest absolute Gasteiger partial charge is 0.146 e. The normalized spacial score (nSPS) is 12.0. The third-order valence-electron chi connectivity index (χ3n) is 7.03. The van der Waals surface area contributed by atoms with Crippen LogP contribution in [0.2, 0.25) is 5.02 Å². The molecule has 2 aromatic heterocycles. The predicted octanol–water partition coefficient (Wildman–Crippen LogP) is 8.30. The molecular formula is C35H34ClN7O. The number of imidazole rings is 2. The van der Waals surface area contributed by atoms with Gasteiger partial charge in [-0.25, -0.2) is 9.97 Å². The lowest BCUT2D eigenvalue weighted by Gasteiger charge is -2.12. The molecule has 222 valence electrons. The van der Waals surface area contributed by atoms with E-state index in [-0.39, 0.29) is 6.04 Å². The number of H-pyrrole nitrogens is 2. The molecule has 0 radical (unpaired) electrons. The second kappa shape index (κ2) is 11.9. The first kappa shape index (κ1) is 29.0. The SMILES string of the molecule is C=C(NC(C)C)c1ccc2nc(-c3ccc(Oc4ccc(-c5nc6ccc(C(N)=NC(C)C)cc6[nH]5)cc4)c(Cl)c3)[nH]c2c1. The molecule has 2 heterocycles. The van der Waals surface area contributed by atoms with Crippen LogP contribution in [0.5, 0.6) is 11.5 Å². The molecule has 0 aliphatic rings. The lowest BCUT2D eigenvalue weighted by molar-refractivity contribution is 0.483. The van der Waals surface area contributed by atoms with Crippen molar-refractivity contribution in [3.63, 3.8) is 0 Å². The first-order valence-electron chi connectivity index (χ1n) is 14.5. The number of aromatic nitrogens is 4. The van der Waals surface area contributed by atoms with Crippen molar-refractivity contribution < 1.29 is 4.74 Å². The van der Waals surface area contributed by atoms with E-state index >= 15 is 0 Å². The third-order valence-corrected chi connectivity index (χ3v) is 7.32. The molecule has 8 nitrogen and oxygen atoms in total. The van der Waals surface area contributed by atoms with Gasteiger partial charge in [0, 0.05) is 34.5 Å². The van der Waals surface area contributed by atoms with Gasteiger partial charge in [-0.1, -0.05) is 24.2 Å². The van der Waals surface area contributed by atoms with E-state index in [1.807, 2.05) is 92.7 Å². The van der Waals surface area contributed by atoms with Crippen LogP contribution in [0.3, 0.4) is 0 Å². The first-order valence-corrected chi connectivity index (χ1v) is 14.9. The second-order valence-electron chi connectivity index (χ2n) is 11.3. The zero-order valence-corrected chi connectivity index (χ0v) is 25.8. The molecule has 0 aliphatic heterocycles. The molecule has 0 bridgehead atoms. The molecule has 0 amide bonds. The number of hydrogen-bond acceptors (Lipinski definition) is 5. The summed E-state index contributed by atoms with van der Waals surface area (Å²) >= 11 is 6.66. The predicted molar refractivity (Wildman–Crippen MR) is 181 cm³/mol. The summed E-state index contributed by atoms with van der Waals surface area (Å²) in [6.07, 6.45) is 0. The Morgan fingerprint density at radius 3 is 2.02 bits per heavy atom. The van der Waals surface area contributed by atoms with Crippen molar-refractivity contribution in [2.45, 2.75) is 39.8 Å². The zero-order valence-electron chi connectivity index (χ0n) is 25.1. The Morgan fingerprint density at radius 2 is 1.41 bits per heavy atom. The molecule has 9 heteroatoms. The Balaban J connectivity index is 1.17. The van der Waals surface area contributed by atoms with Gasteiger partial charge in [0.1, 0.15) is 29.0 Å². The van der Waals surface area contributed by atoms with Gasteiger partial charge in [-0.15, -0.1) is 0 Å². The lowest BCUT2D eigenvalue weighted by Crippen LogP contribution is -2.20. The average Bonchev–Trinajstić information content (AvgIpc) is 3.61. The fourth-order valence-electron chi connectivity index (χ4n) is 4.96. The van der Waals surface area contributed by atoms with Crippen molar-refractivity contribution in [3.05, 3.63) is 102 Å². The van der Waals surface area contributed by atoms with E-state index < -0.39 is 0 Å². The van der Waals surface area contributed by atoms with Crippen LogP contribution >= 0.6 is 11.6 Å². The van der Waals surface area contributed by atoms with Crippen molar-refractivity contribution in [1.82, 2.24) is 25.3 Å². The van der Waals surface area contributed by atoms with Crippen molar-refractivity contribution >= 4 is 45.2 Å². The molecule has 0 aliphatic carbocycles. The molecule has 0 saturated heterocycles. The number of nitrogens with one attached hydrogen (secondary N) is 3. The van der Waals surface area contributed by atoms with Gasteiger partial charge >= 0.3 is 0 Å². The minimum atomic E-state index is 0.126. The maximum Gasteiger partial charge on any atom is 0.146 e. The minimum Gasteiger partial charge on any atom is -0.456 e. The molecular weight excluding hydrogens is 570 g/mol. The van der Waals surface area contributed by atoms with Gasteiger partial charge in [-0.2, -0.15) is 0 Å². The van der Waals surface area contributed by atoms with E-state index in [0.717, 1.165) is 61.7 Å².